The second-order valence-electron chi connectivity index (χ2n) is 35.8. The standard InChI is InChI=1S/C15H23N.C15H25N.2C14H23N.3C12H19N.2CH3F/c1-5-12-6-8-13(9-7-12)15(10-11-15)16-14(2,3)4;1-7-12-8-10-13(11-9-12)15(5,6)16-14(2,3)4;2*1-6-12-7-9-13(10-8-12)11(2)15-14(3,4)5;2*1-5-10-6-8-11(9-7-10)13-12(2,3)4;1-5-10-7-6-8-11(9-10)13-12(2,3)4;2*1-2/h6-9,16H,5,10-11H2,1-4H3;8-11,16H,7H2,1-6H3;2*7-11,15H,6H2,1-5H3;3*6-9,13H,5H2,1-4H3;2*1H3/t;;2*11-;;;;;/m..10...../s1. The lowest BCUT2D eigenvalue weighted by Crippen LogP contribution is -2.48. The van der Waals surface area contributed by atoms with Crippen LogP contribution in [0.3, 0.4) is 0 Å². The molecule has 0 radical (unpaired) electrons. The van der Waals surface area contributed by atoms with Gasteiger partial charge in [0.25, 0.3) is 0 Å². The molecule has 0 aromatic heterocycles. The van der Waals surface area contributed by atoms with Crippen molar-refractivity contribution in [1.82, 2.24) is 21.3 Å². The number of halogens is 2. The fraction of sp³-hybridized carbons (Fsp3) is 0.562. The van der Waals surface area contributed by atoms with E-state index in [4.69, 9.17) is 0 Å². The third-order valence-electron chi connectivity index (χ3n) is 16.7. The first-order valence-corrected chi connectivity index (χ1v) is 39.4. The van der Waals surface area contributed by atoms with Gasteiger partial charge >= 0.3 is 0 Å². The largest absolute Gasteiger partial charge is 0.380 e. The monoisotopic (exact) mass is 1450 g/mol. The van der Waals surface area contributed by atoms with Crippen LogP contribution in [0.1, 0.15) is 308 Å². The Hall–Kier alpha value is -6.36. The number of rotatable bonds is 18. The molecule has 0 aliphatic heterocycles. The molecule has 2 atom stereocenters. The van der Waals surface area contributed by atoms with Gasteiger partial charge in [-0.1, -0.05) is 182 Å². The van der Waals surface area contributed by atoms with Crippen LogP contribution in [0, 0.1) is 0 Å². The van der Waals surface area contributed by atoms with Crippen molar-refractivity contribution >= 4 is 17.1 Å². The van der Waals surface area contributed by atoms with Crippen LogP contribution in [0.25, 0.3) is 0 Å². The molecule has 7 N–H and O–H groups in total. The Kier molecular flexibility index (Phi) is 43.9. The first-order valence-electron chi connectivity index (χ1n) is 39.4. The van der Waals surface area contributed by atoms with Crippen LogP contribution in [-0.4, -0.2) is 53.1 Å². The number of hydrogen-bond donors (Lipinski definition) is 7. The summed E-state index contributed by atoms with van der Waals surface area (Å²) in [7, 11) is 1.00. The highest BCUT2D eigenvalue weighted by Gasteiger charge is 2.46. The van der Waals surface area contributed by atoms with Gasteiger partial charge in [-0.25, -0.2) is 0 Å². The van der Waals surface area contributed by atoms with E-state index in [2.05, 4.69) is 429 Å². The van der Waals surface area contributed by atoms with Gasteiger partial charge in [0.1, 0.15) is 0 Å². The Morgan fingerprint density at radius 2 is 0.581 bits per heavy atom. The Bertz CT molecular complexity index is 3150. The lowest BCUT2D eigenvalue weighted by molar-refractivity contribution is 0.286. The van der Waals surface area contributed by atoms with E-state index in [9.17, 15) is 8.78 Å². The van der Waals surface area contributed by atoms with E-state index in [-0.39, 0.29) is 49.9 Å². The minimum atomic E-state index is 0.0184. The fourth-order valence-corrected chi connectivity index (χ4v) is 11.9. The van der Waals surface area contributed by atoms with Gasteiger partial charge in [0.15, 0.2) is 0 Å². The summed E-state index contributed by atoms with van der Waals surface area (Å²) < 4.78 is 19.0. The molecule has 0 heterocycles. The average molecular weight is 1450 g/mol. The molecule has 1 saturated carbocycles. The van der Waals surface area contributed by atoms with E-state index >= 15 is 0 Å². The van der Waals surface area contributed by atoms with Crippen molar-refractivity contribution in [3.63, 3.8) is 0 Å². The SMILES string of the molecule is CCc1ccc(C(C)(C)NC(C)(C)C)cc1.CCc1ccc(C2(NC(C)(C)C)CC2)cc1.CCc1ccc(NC(C)(C)C)cc1.CCc1ccc(NC(C)(C)C)cc1.CCc1ccc([C@@H](C)NC(C)(C)C)cc1.CCc1ccc([C@H](C)NC(C)(C)C)cc1.CCc1cccc(NC(C)(C)C)c1.CF.CF. The Labute approximate surface area is 646 Å². The number of anilines is 3. The molecule has 0 amide bonds. The molecule has 0 saturated heterocycles. The molecule has 7 nitrogen and oxygen atoms in total. The van der Waals surface area contributed by atoms with Crippen molar-refractivity contribution in [2.75, 3.05) is 30.3 Å². The van der Waals surface area contributed by atoms with Gasteiger partial charge in [-0.3, -0.25) is 8.78 Å². The predicted molar refractivity (Wildman–Crippen MR) is 467 cm³/mol. The van der Waals surface area contributed by atoms with E-state index in [1.807, 2.05) is 0 Å². The van der Waals surface area contributed by atoms with E-state index in [0.717, 1.165) is 44.9 Å². The molecular weight excluding hydrogens is 1290 g/mol. The summed E-state index contributed by atoms with van der Waals surface area (Å²) in [4.78, 5) is 0. The van der Waals surface area contributed by atoms with Crippen molar-refractivity contribution in [3.05, 3.63) is 231 Å². The quantitative estimate of drug-likeness (QED) is 0.0461. The number of benzene rings is 7. The van der Waals surface area contributed by atoms with Crippen LogP contribution in [0.15, 0.2) is 170 Å². The third kappa shape index (κ3) is 45.8. The second-order valence-corrected chi connectivity index (χ2v) is 35.8. The van der Waals surface area contributed by atoms with Gasteiger partial charge in [-0.05, 0) is 328 Å². The van der Waals surface area contributed by atoms with Crippen LogP contribution >= 0.6 is 0 Å². The molecule has 0 bridgehead atoms. The van der Waals surface area contributed by atoms with Gasteiger partial charge < -0.3 is 37.2 Å². The molecule has 590 valence electrons. The second kappa shape index (κ2) is 46.8. The van der Waals surface area contributed by atoms with Gasteiger partial charge in [-0.2, -0.15) is 0 Å². The zero-order valence-electron chi connectivity index (χ0n) is 73.4. The van der Waals surface area contributed by atoms with Gasteiger partial charge in [0, 0.05) is 79.0 Å². The van der Waals surface area contributed by atoms with E-state index < -0.39 is 0 Å². The lowest BCUT2D eigenvalue weighted by atomic mass is 9.90. The number of hydrogen-bond acceptors (Lipinski definition) is 7. The Balaban J connectivity index is 0.00000119. The Morgan fingerprint density at radius 1 is 0.305 bits per heavy atom. The summed E-state index contributed by atoms with van der Waals surface area (Å²) in [6, 6.07) is 62.5. The zero-order chi connectivity index (χ0) is 80.9. The highest BCUT2D eigenvalue weighted by atomic mass is 19.1. The minimum absolute atomic E-state index is 0.0184. The maximum absolute atomic E-state index is 9.50. The molecule has 1 fully saturated rings. The molecule has 0 spiro atoms. The van der Waals surface area contributed by atoms with Crippen molar-refractivity contribution in [1.29, 1.82) is 0 Å². The van der Waals surface area contributed by atoms with Crippen LogP contribution in [0.2, 0.25) is 0 Å². The first-order chi connectivity index (χ1) is 48.6. The van der Waals surface area contributed by atoms with Gasteiger partial charge in [0.2, 0.25) is 0 Å². The van der Waals surface area contributed by atoms with Crippen LogP contribution in [0.5, 0.6) is 0 Å². The first kappa shape index (κ1) is 98.6. The van der Waals surface area contributed by atoms with Crippen molar-refractivity contribution in [2.24, 2.45) is 0 Å². The third-order valence-corrected chi connectivity index (χ3v) is 16.7. The fourth-order valence-electron chi connectivity index (χ4n) is 11.9. The lowest BCUT2D eigenvalue weighted by Gasteiger charge is -2.35. The summed E-state index contributed by atoms with van der Waals surface area (Å²) in [6.45, 7) is 70.2. The predicted octanol–water partition coefficient (Wildman–Crippen LogP) is 26.4. The molecule has 1 aliphatic carbocycles. The summed E-state index contributed by atoms with van der Waals surface area (Å²) >= 11 is 0. The number of nitrogens with one attached hydrogen (secondary N) is 7. The van der Waals surface area contributed by atoms with E-state index in [1.165, 1.54) is 91.1 Å². The van der Waals surface area contributed by atoms with Crippen LogP contribution in [0.4, 0.5) is 25.8 Å². The molecular formula is C96H157F2N7. The normalized spacial score (nSPS) is 13.1. The van der Waals surface area contributed by atoms with Crippen molar-refractivity contribution in [2.45, 2.75) is 341 Å². The van der Waals surface area contributed by atoms with Crippen molar-refractivity contribution in [3.8, 4) is 0 Å². The van der Waals surface area contributed by atoms with E-state index in [1.54, 1.807) is 0 Å². The molecule has 0 unspecified atom stereocenters. The van der Waals surface area contributed by atoms with Crippen LogP contribution < -0.4 is 37.2 Å². The molecule has 9 heteroatoms. The zero-order valence-corrected chi connectivity index (χ0v) is 73.4. The van der Waals surface area contributed by atoms with Gasteiger partial charge in [-0.15, -0.1) is 0 Å². The molecule has 7 aromatic carbocycles. The van der Waals surface area contributed by atoms with Gasteiger partial charge in [0.05, 0.1) is 14.4 Å². The highest BCUT2D eigenvalue weighted by Crippen LogP contribution is 2.47. The number of aryl methyl sites for hydroxylation is 7. The minimum Gasteiger partial charge on any atom is -0.380 e. The molecule has 8 rings (SSSR count). The Morgan fingerprint density at radius 3 is 0.838 bits per heavy atom. The summed E-state index contributed by atoms with van der Waals surface area (Å²) in [5, 5.41) is 24.9. The summed E-state index contributed by atoms with van der Waals surface area (Å²) in [5.74, 6) is 0. The number of alkyl halides is 2. The van der Waals surface area contributed by atoms with Crippen molar-refractivity contribution < 1.29 is 8.78 Å². The van der Waals surface area contributed by atoms with Crippen LogP contribution in [-0.2, 0) is 56.0 Å². The topological polar surface area (TPSA) is 84.2 Å². The molecule has 1 aliphatic rings. The maximum atomic E-state index is 9.50. The maximum Gasteiger partial charge on any atom is 0.0785 e. The summed E-state index contributed by atoms with van der Waals surface area (Å²) in [5.41, 5.74) is 20.3. The van der Waals surface area contributed by atoms with E-state index in [0.29, 0.717) is 26.4 Å². The highest BCUT2D eigenvalue weighted by molar-refractivity contribution is 5.49. The smallest absolute Gasteiger partial charge is 0.0785 e. The molecule has 7 aromatic rings. The molecule has 105 heavy (non-hydrogen) atoms. The average Bonchev–Trinajstić information content (AvgIpc) is 1.61. The summed E-state index contributed by atoms with van der Waals surface area (Å²) in [6.07, 6.45) is 10.3.